The fourth-order valence-electron chi connectivity index (χ4n) is 2.42. The molecule has 1 N–H and O–H groups in total. The van der Waals surface area contributed by atoms with Crippen molar-refractivity contribution >= 4 is 17.7 Å². The predicted molar refractivity (Wildman–Crippen MR) is 76.9 cm³/mol. The number of piperidine rings is 1. The van der Waals surface area contributed by atoms with Crippen LogP contribution in [-0.2, 0) is 4.79 Å². The molecule has 2 amide bonds. The van der Waals surface area contributed by atoms with Crippen LogP contribution in [0.4, 0.5) is 10.5 Å². The van der Waals surface area contributed by atoms with E-state index in [4.69, 9.17) is 10.4 Å². The van der Waals surface area contributed by atoms with E-state index in [1.807, 2.05) is 6.07 Å². The van der Waals surface area contributed by atoms with Crippen LogP contribution in [0.15, 0.2) is 24.3 Å². The molecule has 0 saturated carbocycles. The summed E-state index contributed by atoms with van der Waals surface area (Å²) in [5, 5.41) is 17.9. The molecule has 2 rings (SSSR count). The summed E-state index contributed by atoms with van der Waals surface area (Å²) in [5.41, 5.74) is 1.15. The molecule has 1 aliphatic rings. The Morgan fingerprint density at radius 1 is 1.38 bits per heavy atom. The van der Waals surface area contributed by atoms with E-state index in [1.165, 1.54) is 4.90 Å². The number of carboxylic acid groups (broad SMARTS) is 1. The lowest BCUT2D eigenvalue weighted by molar-refractivity contribution is -0.143. The second-order valence-electron chi connectivity index (χ2n) is 5.10. The van der Waals surface area contributed by atoms with Crippen LogP contribution in [0, 0.1) is 17.2 Å². The Balaban J connectivity index is 2.03. The smallest absolute Gasteiger partial charge is 0.324 e. The fourth-order valence-corrected chi connectivity index (χ4v) is 2.42. The minimum atomic E-state index is -0.794. The number of hydrogen-bond donors (Lipinski definition) is 1. The second kappa shape index (κ2) is 6.27. The number of likely N-dealkylation sites (tertiary alicyclic amines) is 1. The number of carbonyl (C=O) groups is 2. The van der Waals surface area contributed by atoms with Gasteiger partial charge in [0.1, 0.15) is 0 Å². The third-order valence-corrected chi connectivity index (χ3v) is 3.76. The zero-order chi connectivity index (χ0) is 15.4. The van der Waals surface area contributed by atoms with Gasteiger partial charge in [-0.1, -0.05) is 6.07 Å². The molecule has 6 nitrogen and oxygen atoms in total. The van der Waals surface area contributed by atoms with Crippen LogP contribution in [0.3, 0.4) is 0 Å². The van der Waals surface area contributed by atoms with Crippen LogP contribution in [0.1, 0.15) is 18.4 Å². The monoisotopic (exact) mass is 287 g/mol. The number of benzene rings is 1. The van der Waals surface area contributed by atoms with Gasteiger partial charge in [-0.15, -0.1) is 0 Å². The molecule has 0 atom stereocenters. The predicted octanol–water partition coefficient (Wildman–Crippen LogP) is 1.91. The Morgan fingerprint density at radius 2 is 2.05 bits per heavy atom. The van der Waals surface area contributed by atoms with Crippen LogP contribution < -0.4 is 4.90 Å². The van der Waals surface area contributed by atoms with Gasteiger partial charge in [0, 0.05) is 25.8 Å². The first-order chi connectivity index (χ1) is 10.0. The van der Waals surface area contributed by atoms with Gasteiger partial charge < -0.3 is 10.0 Å². The zero-order valence-corrected chi connectivity index (χ0v) is 11.8. The molecule has 0 bridgehead atoms. The molecule has 0 radical (unpaired) electrons. The van der Waals surface area contributed by atoms with Gasteiger partial charge in [-0.05, 0) is 31.0 Å². The number of rotatable bonds is 2. The maximum Gasteiger partial charge on any atom is 0.324 e. The highest BCUT2D eigenvalue weighted by Gasteiger charge is 2.28. The largest absolute Gasteiger partial charge is 0.481 e. The van der Waals surface area contributed by atoms with E-state index >= 15 is 0 Å². The average molecular weight is 287 g/mol. The van der Waals surface area contributed by atoms with Gasteiger partial charge in [-0.25, -0.2) is 4.79 Å². The highest BCUT2D eigenvalue weighted by molar-refractivity contribution is 5.91. The van der Waals surface area contributed by atoms with Crippen molar-refractivity contribution in [2.75, 3.05) is 25.0 Å². The van der Waals surface area contributed by atoms with Crippen LogP contribution >= 0.6 is 0 Å². The summed E-state index contributed by atoms with van der Waals surface area (Å²) in [6.45, 7) is 0.885. The highest BCUT2D eigenvalue weighted by atomic mass is 16.4. The topological polar surface area (TPSA) is 84.6 Å². The number of carbonyl (C=O) groups excluding carboxylic acids is 1. The van der Waals surface area contributed by atoms with Crippen molar-refractivity contribution in [3.63, 3.8) is 0 Å². The molecule has 0 unspecified atom stereocenters. The van der Waals surface area contributed by atoms with E-state index in [2.05, 4.69) is 0 Å². The first-order valence-electron chi connectivity index (χ1n) is 6.78. The summed E-state index contributed by atoms with van der Waals surface area (Å²) in [7, 11) is 1.65. The average Bonchev–Trinajstić information content (AvgIpc) is 2.53. The second-order valence-corrected chi connectivity index (χ2v) is 5.10. The van der Waals surface area contributed by atoms with Gasteiger partial charge in [0.05, 0.1) is 17.6 Å². The van der Waals surface area contributed by atoms with E-state index < -0.39 is 5.97 Å². The molecular weight excluding hydrogens is 270 g/mol. The van der Waals surface area contributed by atoms with Gasteiger partial charge in [-0.2, -0.15) is 5.26 Å². The lowest BCUT2D eigenvalue weighted by atomic mass is 9.97. The molecule has 1 aliphatic heterocycles. The van der Waals surface area contributed by atoms with Gasteiger partial charge in [-0.3, -0.25) is 9.69 Å². The Morgan fingerprint density at radius 3 is 2.62 bits per heavy atom. The summed E-state index contributed by atoms with van der Waals surface area (Å²) in [4.78, 5) is 26.4. The van der Waals surface area contributed by atoms with E-state index in [-0.39, 0.29) is 11.9 Å². The van der Waals surface area contributed by atoms with Crippen molar-refractivity contribution < 1.29 is 14.7 Å². The number of nitriles is 1. The molecule has 1 fully saturated rings. The standard InChI is InChI=1S/C15H17N3O3/c1-17(13-4-2-3-11(9-13)10-16)15(21)18-7-5-12(6-8-18)14(19)20/h2-4,9,12H,5-8H2,1H3,(H,19,20). The molecule has 1 saturated heterocycles. The normalized spacial score (nSPS) is 15.3. The SMILES string of the molecule is CN(C(=O)N1CCC(C(=O)O)CC1)c1cccc(C#N)c1. The number of nitrogens with zero attached hydrogens (tertiary/aromatic N) is 3. The highest BCUT2D eigenvalue weighted by Crippen LogP contribution is 2.21. The van der Waals surface area contributed by atoms with E-state index in [0.717, 1.165) is 0 Å². The number of aliphatic carboxylic acids is 1. The first kappa shape index (κ1) is 14.9. The van der Waals surface area contributed by atoms with Crippen molar-refractivity contribution in [3.8, 4) is 6.07 Å². The lowest BCUT2D eigenvalue weighted by Crippen LogP contribution is -2.46. The first-order valence-corrected chi connectivity index (χ1v) is 6.78. The summed E-state index contributed by atoms with van der Waals surface area (Å²) >= 11 is 0. The van der Waals surface area contributed by atoms with E-state index in [0.29, 0.717) is 37.2 Å². The number of amides is 2. The Bertz CT molecular complexity index is 586. The van der Waals surface area contributed by atoms with Crippen LogP contribution in [-0.4, -0.2) is 42.1 Å². The molecule has 6 heteroatoms. The minimum Gasteiger partial charge on any atom is -0.481 e. The third-order valence-electron chi connectivity index (χ3n) is 3.76. The minimum absolute atomic E-state index is 0.172. The zero-order valence-electron chi connectivity index (χ0n) is 11.8. The van der Waals surface area contributed by atoms with Crippen molar-refractivity contribution in [1.29, 1.82) is 5.26 Å². The molecule has 21 heavy (non-hydrogen) atoms. The molecule has 1 aromatic rings. The van der Waals surface area contributed by atoms with Gasteiger partial charge in [0.15, 0.2) is 0 Å². The maximum absolute atomic E-state index is 12.4. The van der Waals surface area contributed by atoms with Crippen molar-refractivity contribution in [1.82, 2.24) is 4.90 Å². The maximum atomic E-state index is 12.4. The summed E-state index contributed by atoms with van der Waals surface area (Å²) in [6.07, 6.45) is 0.959. The molecule has 0 spiro atoms. The molecule has 0 aromatic heterocycles. The Kier molecular flexibility index (Phi) is 4.43. The number of anilines is 1. The number of carboxylic acids is 1. The fraction of sp³-hybridized carbons (Fsp3) is 0.400. The molecule has 110 valence electrons. The van der Waals surface area contributed by atoms with Crippen LogP contribution in [0.25, 0.3) is 0 Å². The quantitative estimate of drug-likeness (QED) is 0.900. The third kappa shape index (κ3) is 3.31. The number of urea groups is 1. The lowest BCUT2D eigenvalue weighted by Gasteiger charge is -2.33. The number of hydrogen-bond acceptors (Lipinski definition) is 3. The molecule has 0 aliphatic carbocycles. The summed E-state index contributed by atoms with van der Waals surface area (Å²) < 4.78 is 0. The summed E-state index contributed by atoms with van der Waals surface area (Å²) in [5.74, 6) is -1.15. The molecule has 1 aromatic carbocycles. The van der Waals surface area contributed by atoms with Crippen LogP contribution in [0.2, 0.25) is 0 Å². The Hall–Kier alpha value is -2.55. The van der Waals surface area contributed by atoms with Crippen molar-refractivity contribution in [3.05, 3.63) is 29.8 Å². The molecular formula is C15H17N3O3. The molecule has 1 heterocycles. The van der Waals surface area contributed by atoms with E-state index in [9.17, 15) is 9.59 Å². The van der Waals surface area contributed by atoms with Gasteiger partial charge in [0.25, 0.3) is 0 Å². The van der Waals surface area contributed by atoms with Crippen LogP contribution in [0.5, 0.6) is 0 Å². The van der Waals surface area contributed by atoms with Gasteiger partial charge >= 0.3 is 12.0 Å². The van der Waals surface area contributed by atoms with Crippen molar-refractivity contribution in [2.24, 2.45) is 5.92 Å². The van der Waals surface area contributed by atoms with Gasteiger partial charge in [0.2, 0.25) is 0 Å². The summed E-state index contributed by atoms with van der Waals surface area (Å²) in [6, 6.07) is 8.70. The van der Waals surface area contributed by atoms with Crippen molar-refractivity contribution in [2.45, 2.75) is 12.8 Å². The van der Waals surface area contributed by atoms with E-state index in [1.54, 1.807) is 36.2 Å². The Labute approximate surface area is 123 Å².